The summed E-state index contributed by atoms with van der Waals surface area (Å²) >= 11 is 1.56. The first kappa shape index (κ1) is 16.8. The van der Waals surface area contributed by atoms with Gasteiger partial charge >= 0.3 is 5.97 Å². The number of thiazole rings is 1. The average molecular weight is 370 g/mol. The molecule has 2 N–H and O–H groups in total. The van der Waals surface area contributed by atoms with Gasteiger partial charge in [-0.05, 0) is 43.5 Å². The van der Waals surface area contributed by atoms with E-state index in [9.17, 15) is 9.59 Å². The van der Waals surface area contributed by atoms with Crippen LogP contribution in [-0.2, 0) is 16.1 Å². The molecule has 2 heterocycles. The van der Waals surface area contributed by atoms with Crippen LogP contribution in [0.2, 0.25) is 0 Å². The Labute approximate surface area is 153 Å². The number of benzene rings is 1. The van der Waals surface area contributed by atoms with E-state index in [2.05, 4.69) is 10.3 Å². The van der Waals surface area contributed by atoms with Crippen molar-refractivity contribution in [1.29, 1.82) is 0 Å². The third kappa shape index (κ3) is 3.35. The van der Waals surface area contributed by atoms with Crippen LogP contribution in [0.15, 0.2) is 40.8 Å². The van der Waals surface area contributed by atoms with Gasteiger partial charge in [-0.25, -0.2) is 4.98 Å². The van der Waals surface area contributed by atoms with Gasteiger partial charge in [0.2, 0.25) is 5.91 Å². The summed E-state index contributed by atoms with van der Waals surface area (Å²) in [6.07, 6.45) is 1.60. The van der Waals surface area contributed by atoms with Crippen molar-refractivity contribution in [1.82, 2.24) is 10.3 Å². The smallest absolute Gasteiger partial charge is 0.306 e. The molecular formula is C19H18N2O4S. The van der Waals surface area contributed by atoms with Crippen LogP contribution < -0.4 is 5.32 Å². The number of aromatic nitrogens is 1. The molecule has 4 rings (SSSR count). The second-order valence-corrected chi connectivity index (χ2v) is 7.55. The molecular weight excluding hydrogens is 352 g/mol. The van der Waals surface area contributed by atoms with Crippen LogP contribution in [0.25, 0.3) is 21.0 Å². The van der Waals surface area contributed by atoms with E-state index in [4.69, 9.17) is 9.52 Å². The van der Waals surface area contributed by atoms with E-state index in [-0.39, 0.29) is 18.4 Å². The molecule has 0 saturated heterocycles. The predicted molar refractivity (Wildman–Crippen MR) is 97.6 cm³/mol. The Bertz CT molecular complexity index is 928. The fourth-order valence-electron chi connectivity index (χ4n) is 3.33. The fraction of sp³-hybridized carbons (Fsp3) is 0.316. The van der Waals surface area contributed by atoms with Gasteiger partial charge in [0.1, 0.15) is 5.76 Å². The molecule has 1 fully saturated rings. The van der Waals surface area contributed by atoms with Gasteiger partial charge in [0.25, 0.3) is 0 Å². The first-order valence-electron chi connectivity index (χ1n) is 8.55. The highest BCUT2D eigenvalue weighted by Gasteiger charge is 2.33. The molecule has 0 spiro atoms. The molecule has 0 bridgehead atoms. The van der Waals surface area contributed by atoms with Crippen molar-refractivity contribution in [3.63, 3.8) is 0 Å². The second-order valence-electron chi connectivity index (χ2n) is 6.52. The summed E-state index contributed by atoms with van der Waals surface area (Å²) in [5.41, 5.74) is 0.938. The number of carboxylic acids is 1. The van der Waals surface area contributed by atoms with Gasteiger partial charge < -0.3 is 14.8 Å². The highest BCUT2D eigenvalue weighted by atomic mass is 32.1. The van der Waals surface area contributed by atoms with Crippen LogP contribution in [0.5, 0.6) is 0 Å². The minimum atomic E-state index is -0.813. The summed E-state index contributed by atoms with van der Waals surface area (Å²) < 4.78 is 6.91. The quantitative estimate of drug-likeness (QED) is 0.715. The zero-order chi connectivity index (χ0) is 18.1. The second kappa shape index (κ2) is 6.92. The van der Waals surface area contributed by atoms with Crippen LogP contribution in [0.4, 0.5) is 0 Å². The highest BCUT2D eigenvalue weighted by Crippen LogP contribution is 2.32. The molecule has 2 atom stereocenters. The molecule has 1 aliphatic rings. The Morgan fingerprint density at radius 2 is 2.00 bits per heavy atom. The number of carboxylic acid groups (broad SMARTS) is 1. The van der Waals surface area contributed by atoms with Gasteiger partial charge in [-0.1, -0.05) is 12.1 Å². The van der Waals surface area contributed by atoms with E-state index in [0.717, 1.165) is 15.2 Å². The third-order valence-electron chi connectivity index (χ3n) is 4.76. The molecule has 0 unspecified atom stereocenters. The van der Waals surface area contributed by atoms with E-state index in [0.29, 0.717) is 30.8 Å². The Kier molecular flexibility index (Phi) is 4.46. The van der Waals surface area contributed by atoms with E-state index in [1.165, 1.54) is 0 Å². The summed E-state index contributed by atoms with van der Waals surface area (Å²) in [7, 11) is 0. The molecule has 1 aromatic carbocycles. The zero-order valence-electron chi connectivity index (χ0n) is 14.0. The summed E-state index contributed by atoms with van der Waals surface area (Å²) in [4.78, 5) is 27.8. The van der Waals surface area contributed by atoms with Crippen LogP contribution in [-0.4, -0.2) is 22.0 Å². The number of nitrogens with one attached hydrogen (secondary N) is 1. The lowest BCUT2D eigenvalue weighted by Gasteiger charge is -2.09. The zero-order valence-corrected chi connectivity index (χ0v) is 14.8. The van der Waals surface area contributed by atoms with Crippen LogP contribution in [0.1, 0.15) is 25.0 Å². The van der Waals surface area contributed by atoms with E-state index >= 15 is 0 Å². The Morgan fingerprint density at radius 3 is 2.77 bits per heavy atom. The van der Waals surface area contributed by atoms with Gasteiger partial charge in [-0.3, -0.25) is 9.59 Å². The van der Waals surface area contributed by atoms with Crippen molar-refractivity contribution in [3.8, 4) is 10.8 Å². The number of carbonyl (C=O) groups is 2. The van der Waals surface area contributed by atoms with Crippen molar-refractivity contribution < 1.29 is 19.1 Å². The standard InChI is InChI=1S/C19H18N2O4S/c22-17(11-5-6-12(9-11)19(23)24)20-10-13-7-8-15(25-13)18-21-14-3-1-2-4-16(14)26-18/h1-4,7-8,11-12H,5-6,9-10H2,(H,20,22)(H,23,24)/t11-,12+/m0/s1. The lowest BCUT2D eigenvalue weighted by atomic mass is 10.0. The number of furan rings is 1. The molecule has 6 nitrogen and oxygen atoms in total. The maximum atomic E-state index is 12.2. The van der Waals surface area contributed by atoms with E-state index in [1.807, 2.05) is 36.4 Å². The number of aliphatic carboxylic acids is 1. The summed E-state index contributed by atoms with van der Waals surface area (Å²) in [5, 5.41) is 12.7. The Morgan fingerprint density at radius 1 is 1.19 bits per heavy atom. The normalized spacial score (nSPS) is 19.7. The number of hydrogen-bond donors (Lipinski definition) is 2. The van der Waals surface area contributed by atoms with Crippen molar-refractivity contribution in [3.05, 3.63) is 42.2 Å². The molecule has 134 valence electrons. The van der Waals surface area contributed by atoms with Gasteiger partial charge in [0, 0.05) is 5.92 Å². The van der Waals surface area contributed by atoms with Gasteiger partial charge in [-0.2, -0.15) is 0 Å². The summed E-state index contributed by atoms with van der Waals surface area (Å²) in [6.45, 7) is 0.290. The van der Waals surface area contributed by atoms with Crippen molar-refractivity contribution in [2.45, 2.75) is 25.8 Å². The minimum Gasteiger partial charge on any atom is -0.481 e. The number of carbonyl (C=O) groups excluding carboxylic acids is 1. The number of amides is 1. The average Bonchev–Trinajstić information content (AvgIpc) is 3.37. The monoisotopic (exact) mass is 370 g/mol. The van der Waals surface area contributed by atoms with Crippen molar-refractivity contribution in [2.24, 2.45) is 11.8 Å². The molecule has 1 amide bonds. The van der Waals surface area contributed by atoms with Crippen LogP contribution >= 0.6 is 11.3 Å². The highest BCUT2D eigenvalue weighted by molar-refractivity contribution is 7.21. The largest absolute Gasteiger partial charge is 0.481 e. The number of nitrogens with zero attached hydrogens (tertiary/aromatic N) is 1. The van der Waals surface area contributed by atoms with Crippen LogP contribution in [0, 0.1) is 11.8 Å². The van der Waals surface area contributed by atoms with E-state index < -0.39 is 11.9 Å². The molecule has 1 saturated carbocycles. The molecule has 1 aliphatic carbocycles. The Hall–Kier alpha value is -2.67. The lowest BCUT2D eigenvalue weighted by Crippen LogP contribution is -2.29. The van der Waals surface area contributed by atoms with Crippen molar-refractivity contribution in [2.75, 3.05) is 0 Å². The molecule has 26 heavy (non-hydrogen) atoms. The first-order valence-corrected chi connectivity index (χ1v) is 9.37. The van der Waals surface area contributed by atoms with E-state index in [1.54, 1.807) is 11.3 Å². The van der Waals surface area contributed by atoms with Gasteiger partial charge in [-0.15, -0.1) is 11.3 Å². The number of hydrogen-bond acceptors (Lipinski definition) is 5. The summed E-state index contributed by atoms with van der Waals surface area (Å²) in [6, 6.07) is 11.6. The Balaban J connectivity index is 1.38. The van der Waals surface area contributed by atoms with Gasteiger partial charge in [0.15, 0.2) is 10.8 Å². The molecule has 0 aliphatic heterocycles. The lowest BCUT2D eigenvalue weighted by molar-refractivity contribution is -0.141. The van der Waals surface area contributed by atoms with Gasteiger partial charge in [0.05, 0.1) is 22.7 Å². The first-order chi connectivity index (χ1) is 12.6. The molecule has 3 aromatic rings. The summed E-state index contributed by atoms with van der Waals surface area (Å²) in [5.74, 6) is -0.212. The van der Waals surface area contributed by atoms with Crippen molar-refractivity contribution >= 4 is 33.4 Å². The SMILES string of the molecule is O=C(O)[C@@H]1CC[C@H](C(=O)NCc2ccc(-c3nc4ccccc4s3)o2)C1. The number of para-hydroxylation sites is 1. The molecule has 7 heteroatoms. The maximum Gasteiger partial charge on any atom is 0.306 e. The number of rotatable bonds is 5. The predicted octanol–water partition coefficient (Wildman–Crippen LogP) is 3.67. The fourth-order valence-corrected chi connectivity index (χ4v) is 4.26. The minimum absolute atomic E-state index is 0.105. The third-order valence-corrected chi connectivity index (χ3v) is 5.81. The number of fused-ring (bicyclic) bond motifs is 1. The molecule has 2 aromatic heterocycles. The maximum absolute atomic E-state index is 12.2. The van der Waals surface area contributed by atoms with Crippen LogP contribution in [0.3, 0.4) is 0 Å². The molecule has 0 radical (unpaired) electrons. The topological polar surface area (TPSA) is 92.4 Å².